The maximum Gasteiger partial charge on any atom is 0.343 e. The Hall–Kier alpha value is -3.38. The minimum Gasteiger partial charge on any atom is -0.493 e. The molecule has 1 heterocycles. The summed E-state index contributed by atoms with van der Waals surface area (Å²) in [7, 11) is 1.51. The van der Waals surface area contributed by atoms with Gasteiger partial charge in [-0.3, -0.25) is 10.4 Å². The topological polar surface area (TPSA) is 72.8 Å². The summed E-state index contributed by atoms with van der Waals surface area (Å²) >= 11 is 5.85. The molecule has 0 saturated heterocycles. The van der Waals surface area contributed by atoms with E-state index in [2.05, 4.69) is 15.5 Å². The van der Waals surface area contributed by atoms with Crippen LogP contribution in [0.15, 0.2) is 72.1 Å². The highest BCUT2D eigenvalue weighted by Crippen LogP contribution is 2.28. The van der Waals surface area contributed by atoms with Crippen molar-refractivity contribution in [3.8, 4) is 11.5 Å². The summed E-state index contributed by atoms with van der Waals surface area (Å²) in [5, 5.41) is 4.83. The zero-order valence-corrected chi connectivity index (χ0v) is 15.2. The highest BCUT2D eigenvalue weighted by molar-refractivity contribution is 6.30. The average molecular weight is 382 g/mol. The van der Waals surface area contributed by atoms with Crippen molar-refractivity contribution < 1.29 is 14.3 Å². The summed E-state index contributed by atoms with van der Waals surface area (Å²) in [5.74, 6) is 0.261. The molecule has 0 fully saturated rings. The van der Waals surface area contributed by atoms with Gasteiger partial charge in [0.1, 0.15) is 0 Å². The fourth-order valence-electron chi connectivity index (χ4n) is 2.20. The van der Waals surface area contributed by atoms with E-state index in [4.69, 9.17) is 21.1 Å². The molecular formula is C20H16ClN3O3. The normalized spacial score (nSPS) is 10.6. The van der Waals surface area contributed by atoms with Crippen molar-refractivity contribution in [2.24, 2.45) is 5.10 Å². The highest BCUT2D eigenvalue weighted by Gasteiger charge is 2.12. The number of ether oxygens (including phenoxy) is 2. The summed E-state index contributed by atoms with van der Waals surface area (Å²) < 4.78 is 10.7. The number of nitrogens with one attached hydrogen (secondary N) is 1. The Morgan fingerprint density at radius 1 is 1.07 bits per heavy atom. The van der Waals surface area contributed by atoms with Crippen LogP contribution in [-0.2, 0) is 0 Å². The molecule has 0 radical (unpaired) electrons. The summed E-state index contributed by atoms with van der Waals surface area (Å²) in [4.78, 5) is 16.0. The molecule has 1 aromatic heterocycles. The van der Waals surface area contributed by atoms with E-state index in [1.165, 1.54) is 19.5 Å². The fraction of sp³-hybridized carbons (Fsp3) is 0.0500. The summed E-state index contributed by atoms with van der Waals surface area (Å²) in [6, 6.07) is 15.5. The van der Waals surface area contributed by atoms with Crippen molar-refractivity contribution in [2.75, 3.05) is 12.5 Å². The number of hydrazone groups is 1. The van der Waals surface area contributed by atoms with E-state index >= 15 is 0 Å². The first-order valence-corrected chi connectivity index (χ1v) is 8.38. The third-order valence-corrected chi connectivity index (χ3v) is 3.81. The molecule has 0 spiro atoms. The Morgan fingerprint density at radius 2 is 1.81 bits per heavy atom. The monoisotopic (exact) mass is 381 g/mol. The minimum absolute atomic E-state index is 0.321. The van der Waals surface area contributed by atoms with Crippen molar-refractivity contribution >= 4 is 29.5 Å². The van der Waals surface area contributed by atoms with Crippen molar-refractivity contribution in [2.45, 2.75) is 0 Å². The van der Waals surface area contributed by atoms with Crippen LogP contribution in [0, 0.1) is 0 Å². The first-order chi connectivity index (χ1) is 13.2. The van der Waals surface area contributed by atoms with E-state index in [1.807, 2.05) is 12.1 Å². The molecule has 2 aromatic carbocycles. The molecule has 7 heteroatoms. The number of anilines is 1. The number of carbonyl (C=O) groups excluding carboxylic acids is 1. The molecule has 0 saturated carbocycles. The predicted octanol–water partition coefficient (Wildman–Crippen LogP) is 4.41. The van der Waals surface area contributed by atoms with Gasteiger partial charge in [-0.15, -0.1) is 0 Å². The summed E-state index contributed by atoms with van der Waals surface area (Å²) in [5.41, 5.74) is 4.90. The van der Waals surface area contributed by atoms with Crippen LogP contribution < -0.4 is 14.9 Å². The number of esters is 1. The molecular weight excluding hydrogens is 366 g/mol. The Bertz CT molecular complexity index is 944. The number of pyridine rings is 1. The quantitative estimate of drug-likeness (QED) is 0.296. The lowest BCUT2D eigenvalue weighted by Crippen LogP contribution is -2.09. The van der Waals surface area contributed by atoms with Gasteiger partial charge in [-0.2, -0.15) is 5.10 Å². The number of methoxy groups -OCH3 is 1. The van der Waals surface area contributed by atoms with E-state index in [0.29, 0.717) is 22.1 Å². The van der Waals surface area contributed by atoms with E-state index in [-0.39, 0.29) is 0 Å². The average Bonchev–Trinajstić information content (AvgIpc) is 2.71. The SMILES string of the molecule is COc1cc(/C=N\Nc2ccc(Cl)cc2)ccc1OC(=O)c1ccncc1. The second-order valence-corrected chi connectivity index (χ2v) is 5.85. The molecule has 27 heavy (non-hydrogen) atoms. The zero-order valence-electron chi connectivity index (χ0n) is 14.4. The minimum atomic E-state index is -0.485. The van der Waals surface area contributed by atoms with Crippen molar-refractivity contribution in [3.05, 3.63) is 83.1 Å². The van der Waals surface area contributed by atoms with Gasteiger partial charge in [-0.1, -0.05) is 11.6 Å². The predicted molar refractivity (Wildman–Crippen MR) is 105 cm³/mol. The second kappa shape index (κ2) is 8.82. The molecule has 0 aliphatic carbocycles. The lowest BCUT2D eigenvalue weighted by molar-refractivity contribution is 0.0729. The second-order valence-electron chi connectivity index (χ2n) is 5.41. The van der Waals surface area contributed by atoms with Gasteiger partial charge >= 0.3 is 5.97 Å². The molecule has 0 aliphatic rings. The third kappa shape index (κ3) is 5.05. The van der Waals surface area contributed by atoms with E-state index in [1.54, 1.807) is 48.7 Å². The Kier molecular flexibility index (Phi) is 6.02. The molecule has 0 aliphatic heterocycles. The lowest BCUT2D eigenvalue weighted by atomic mass is 10.2. The van der Waals surface area contributed by atoms with Crippen molar-refractivity contribution in [3.63, 3.8) is 0 Å². The zero-order chi connectivity index (χ0) is 19.1. The summed E-state index contributed by atoms with van der Waals surface area (Å²) in [6.07, 6.45) is 4.69. The van der Waals surface area contributed by atoms with Crippen LogP contribution in [0.5, 0.6) is 11.5 Å². The molecule has 6 nitrogen and oxygen atoms in total. The first-order valence-electron chi connectivity index (χ1n) is 8.00. The number of carbonyl (C=O) groups is 1. The molecule has 1 N–H and O–H groups in total. The van der Waals surface area contributed by atoms with Crippen LogP contribution in [0.25, 0.3) is 0 Å². The van der Waals surface area contributed by atoms with Crippen molar-refractivity contribution in [1.29, 1.82) is 0 Å². The van der Waals surface area contributed by atoms with Crippen LogP contribution in [0.1, 0.15) is 15.9 Å². The van der Waals surface area contributed by atoms with Crippen LogP contribution >= 0.6 is 11.6 Å². The molecule has 0 atom stereocenters. The number of halogens is 1. The van der Waals surface area contributed by atoms with Gasteiger partial charge < -0.3 is 9.47 Å². The van der Waals surface area contributed by atoms with Gasteiger partial charge in [0.05, 0.1) is 24.6 Å². The smallest absolute Gasteiger partial charge is 0.343 e. The highest BCUT2D eigenvalue weighted by atomic mass is 35.5. The fourth-order valence-corrected chi connectivity index (χ4v) is 2.33. The number of aromatic nitrogens is 1. The van der Waals surface area contributed by atoms with Gasteiger partial charge in [0, 0.05) is 17.4 Å². The van der Waals surface area contributed by atoms with Gasteiger partial charge in [-0.25, -0.2) is 4.79 Å². The number of benzene rings is 2. The van der Waals surface area contributed by atoms with Crippen LogP contribution in [0.3, 0.4) is 0 Å². The van der Waals surface area contributed by atoms with E-state index < -0.39 is 5.97 Å². The molecule has 0 unspecified atom stereocenters. The summed E-state index contributed by atoms with van der Waals surface area (Å²) in [6.45, 7) is 0. The molecule has 0 amide bonds. The Labute approximate surface area is 161 Å². The Balaban J connectivity index is 1.69. The van der Waals surface area contributed by atoms with Gasteiger partial charge in [0.2, 0.25) is 0 Å². The van der Waals surface area contributed by atoms with E-state index in [9.17, 15) is 4.79 Å². The molecule has 136 valence electrons. The number of hydrogen-bond acceptors (Lipinski definition) is 6. The maximum atomic E-state index is 12.2. The van der Waals surface area contributed by atoms with Gasteiger partial charge in [0.15, 0.2) is 11.5 Å². The van der Waals surface area contributed by atoms with Gasteiger partial charge in [-0.05, 0) is 60.2 Å². The largest absolute Gasteiger partial charge is 0.493 e. The standard InChI is InChI=1S/C20H16ClN3O3/c1-26-19-12-14(13-23-24-17-5-3-16(21)4-6-17)2-7-18(19)27-20(25)15-8-10-22-11-9-15/h2-13,24H,1H3/b23-13-. The van der Waals surface area contributed by atoms with Crippen LogP contribution in [0.4, 0.5) is 5.69 Å². The molecule has 0 bridgehead atoms. The number of rotatable bonds is 6. The van der Waals surface area contributed by atoms with Crippen LogP contribution in [0.2, 0.25) is 5.02 Å². The third-order valence-electron chi connectivity index (χ3n) is 3.56. The first kappa shape index (κ1) is 18.4. The molecule has 3 aromatic rings. The van der Waals surface area contributed by atoms with E-state index in [0.717, 1.165) is 11.3 Å². The van der Waals surface area contributed by atoms with Crippen molar-refractivity contribution in [1.82, 2.24) is 4.98 Å². The maximum absolute atomic E-state index is 12.2. The number of hydrogen-bond donors (Lipinski definition) is 1. The molecule has 3 rings (SSSR count). The Morgan fingerprint density at radius 3 is 2.52 bits per heavy atom. The lowest BCUT2D eigenvalue weighted by Gasteiger charge is -2.10. The van der Waals surface area contributed by atoms with Gasteiger partial charge in [0.25, 0.3) is 0 Å². The number of nitrogens with zero attached hydrogens (tertiary/aromatic N) is 2. The van der Waals surface area contributed by atoms with Crippen LogP contribution in [-0.4, -0.2) is 24.3 Å².